The first-order chi connectivity index (χ1) is 10.8. The van der Waals surface area contributed by atoms with E-state index in [1.165, 1.54) is 23.2 Å². The molecule has 2 saturated heterocycles. The summed E-state index contributed by atoms with van der Waals surface area (Å²) in [5.41, 5.74) is 0. The summed E-state index contributed by atoms with van der Waals surface area (Å²) >= 11 is 1.80. The van der Waals surface area contributed by atoms with E-state index in [0.717, 1.165) is 55.8 Å². The van der Waals surface area contributed by atoms with E-state index in [-0.39, 0.29) is 0 Å². The molecule has 0 saturated carbocycles. The van der Waals surface area contributed by atoms with Gasteiger partial charge < -0.3 is 10.2 Å². The predicted molar refractivity (Wildman–Crippen MR) is 91.9 cm³/mol. The molecule has 2 aliphatic rings. The van der Waals surface area contributed by atoms with Gasteiger partial charge in [-0.05, 0) is 25.5 Å². The molecule has 4 rings (SSSR count). The van der Waals surface area contributed by atoms with Crippen molar-refractivity contribution in [2.75, 3.05) is 44.2 Å². The van der Waals surface area contributed by atoms with Crippen LogP contribution in [0, 0.1) is 0 Å². The Morgan fingerprint density at radius 1 is 1.27 bits per heavy atom. The molecule has 0 bridgehead atoms. The Hall–Kier alpha value is -1.24. The Morgan fingerprint density at radius 3 is 2.86 bits per heavy atom. The zero-order valence-electron chi connectivity index (χ0n) is 13.1. The van der Waals surface area contributed by atoms with Crippen molar-refractivity contribution >= 4 is 27.4 Å². The average molecular weight is 317 g/mol. The van der Waals surface area contributed by atoms with Gasteiger partial charge in [0.2, 0.25) is 0 Å². The molecule has 118 valence electrons. The number of anilines is 1. The standard InChI is InChI=1S/C16H23N5S/c1-2-13-9-14-15(18-11-19-16(14)22-13)21-7-5-20(6-8-21)12-3-4-17-10-12/h9,11-12,17H,2-8,10H2,1H3. The van der Waals surface area contributed by atoms with Crippen LogP contribution in [0.3, 0.4) is 0 Å². The third-order valence-corrected chi connectivity index (χ3v) is 6.06. The van der Waals surface area contributed by atoms with Crippen LogP contribution >= 0.6 is 11.3 Å². The lowest BCUT2D eigenvalue weighted by Gasteiger charge is -2.38. The van der Waals surface area contributed by atoms with Gasteiger partial charge in [-0.25, -0.2) is 9.97 Å². The van der Waals surface area contributed by atoms with E-state index >= 15 is 0 Å². The molecule has 1 unspecified atom stereocenters. The molecule has 22 heavy (non-hydrogen) atoms. The molecule has 4 heterocycles. The highest BCUT2D eigenvalue weighted by molar-refractivity contribution is 7.18. The normalized spacial score (nSPS) is 23.5. The smallest absolute Gasteiger partial charge is 0.140 e. The van der Waals surface area contributed by atoms with Crippen LogP contribution in [0.5, 0.6) is 0 Å². The van der Waals surface area contributed by atoms with Crippen LogP contribution in [-0.4, -0.2) is 60.2 Å². The van der Waals surface area contributed by atoms with Crippen molar-refractivity contribution in [3.63, 3.8) is 0 Å². The number of thiophene rings is 1. The van der Waals surface area contributed by atoms with Crippen molar-refractivity contribution in [3.05, 3.63) is 17.3 Å². The lowest BCUT2D eigenvalue weighted by Crippen LogP contribution is -2.51. The molecule has 5 nitrogen and oxygen atoms in total. The van der Waals surface area contributed by atoms with Crippen molar-refractivity contribution in [2.45, 2.75) is 25.8 Å². The number of fused-ring (bicyclic) bond motifs is 1. The second kappa shape index (κ2) is 6.10. The number of hydrogen-bond donors (Lipinski definition) is 1. The topological polar surface area (TPSA) is 44.3 Å². The zero-order chi connectivity index (χ0) is 14.9. The summed E-state index contributed by atoms with van der Waals surface area (Å²) in [6, 6.07) is 3.02. The van der Waals surface area contributed by atoms with Gasteiger partial charge in [-0.15, -0.1) is 11.3 Å². The molecule has 0 amide bonds. The van der Waals surface area contributed by atoms with Gasteiger partial charge in [0.1, 0.15) is 17.0 Å². The van der Waals surface area contributed by atoms with Crippen LogP contribution in [0.2, 0.25) is 0 Å². The van der Waals surface area contributed by atoms with Crippen LogP contribution < -0.4 is 10.2 Å². The molecular weight excluding hydrogens is 294 g/mol. The third kappa shape index (κ3) is 2.59. The third-order valence-electron chi connectivity index (χ3n) is 4.87. The second-order valence-corrected chi connectivity index (χ2v) is 7.27. The Bertz CT molecular complexity index is 641. The highest BCUT2D eigenvalue weighted by Crippen LogP contribution is 2.31. The Morgan fingerprint density at radius 2 is 2.14 bits per heavy atom. The molecule has 6 heteroatoms. The monoisotopic (exact) mass is 317 g/mol. The molecule has 1 N–H and O–H groups in total. The zero-order valence-corrected chi connectivity index (χ0v) is 13.9. The molecule has 1 atom stereocenters. The SMILES string of the molecule is CCc1cc2c(N3CCN(C4CCNC4)CC3)ncnc2s1. The first-order valence-corrected chi connectivity index (χ1v) is 9.10. The Labute approximate surface area is 135 Å². The van der Waals surface area contributed by atoms with Gasteiger partial charge >= 0.3 is 0 Å². The van der Waals surface area contributed by atoms with E-state index in [4.69, 9.17) is 0 Å². The Balaban J connectivity index is 1.52. The van der Waals surface area contributed by atoms with E-state index in [1.54, 1.807) is 17.7 Å². The van der Waals surface area contributed by atoms with Crippen LogP contribution in [0.15, 0.2) is 12.4 Å². The molecular formula is C16H23N5S. The van der Waals surface area contributed by atoms with Gasteiger partial charge in [0.15, 0.2) is 0 Å². The van der Waals surface area contributed by atoms with E-state index in [1.807, 2.05) is 0 Å². The molecule has 2 aromatic rings. The fraction of sp³-hybridized carbons (Fsp3) is 0.625. The van der Waals surface area contributed by atoms with Gasteiger partial charge in [0.25, 0.3) is 0 Å². The number of nitrogens with zero attached hydrogens (tertiary/aromatic N) is 4. The Kier molecular flexibility index (Phi) is 3.98. The number of piperazine rings is 1. The minimum atomic E-state index is 0.736. The molecule has 2 aromatic heterocycles. The van der Waals surface area contributed by atoms with Gasteiger partial charge in [-0.1, -0.05) is 6.92 Å². The number of aryl methyl sites for hydroxylation is 1. The van der Waals surface area contributed by atoms with Crippen LogP contribution in [0.4, 0.5) is 5.82 Å². The van der Waals surface area contributed by atoms with E-state index in [9.17, 15) is 0 Å². The maximum atomic E-state index is 4.59. The summed E-state index contributed by atoms with van der Waals surface area (Å²) in [6.07, 6.45) is 4.09. The fourth-order valence-corrected chi connectivity index (χ4v) is 4.50. The van der Waals surface area contributed by atoms with Crippen LogP contribution in [0.25, 0.3) is 10.2 Å². The number of aromatic nitrogens is 2. The minimum Gasteiger partial charge on any atom is -0.353 e. The highest BCUT2D eigenvalue weighted by atomic mass is 32.1. The summed E-state index contributed by atoms with van der Waals surface area (Å²) in [6.45, 7) is 8.95. The number of nitrogens with one attached hydrogen (secondary N) is 1. The predicted octanol–water partition coefficient (Wildman–Crippen LogP) is 1.74. The fourth-order valence-electron chi connectivity index (χ4n) is 3.57. The maximum Gasteiger partial charge on any atom is 0.140 e. The van der Waals surface area contributed by atoms with Crippen molar-refractivity contribution in [1.82, 2.24) is 20.2 Å². The highest BCUT2D eigenvalue weighted by Gasteiger charge is 2.27. The summed E-state index contributed by atoms with van der Waals surface area (Å²) in [4.78, 5) is 16.6. The quantitative estimate of drug-likeness (QED) is 0.934. The van der Waals surface area contributed by atoms with Crippen LogP contribution in [0.1, 0.15) is 18.2 Å². The second-order valence-electron chi connectivity index (χ2n) is 6.15. The summed E-state index contributed by atoms with van der Waals surface area (Å²) in [5.74, 6) is 1.13. The van der Waals surface area contributed by atoms with Gasteiger partial charge in [0, 0.05) is 43.6 Å². The van der Waals surface area contributed by atoms with Gasteiger partial charge in [0.05, 0.1) is 5.39 Å². The minimum absolute atomic E-state index is 0.736. The van der Waals surface area contributed by atoms with Crippen molar-refractivity contribution < 1.29 is 0 Å². The lowest BCUT2D eigenvalue weighted by molar-refractivity contribution is 0.196. The summed E-state index contributed by atoms with van der Waals surface area (Å²) < 4.78 is 0. The van der Waals surface area contributed by atoms with Crippen LogP contribution in [-0.2, 0) is 6.42 Å². The summed E-state index contributed by atoms with van der Waals surface area (Å²) in [7, 11) is 0. The van der Waals surface area contributed by atoms with Gasteiger partial charge in [-0.2, -0.15) is 0 Å². The number of hydrogen-bond acceptors (Lipinski definition) is 6. The lowest BCUT2D eigenvalue weighted by atomic mass is 10.2. The van der Waals surface area contributed by atoms with Crippen molar-refractivity contribution in [3.8, 4) is 0 Å². The van der Waals surface area contributed by atoms with E-state index in [0.29, 0.717) is 0 Å². The van der Waals surface area contributed by atoms with Gasteiger partial charge in [-0.3, -0.25) is 4.90 Å². The summed E-state index contributed by atoms with van der Waals surface area (Å²) in [5, 5.41) is 4.71. The molecule has 2 aliphatic heterocycles. The molecule has 0 aromatic carbocycles. The van der Waals surface area contributed by atoms with E-state index in [2.05, 4.69) is 38.1 Å². The average Bonchev–Trinajstić information content (AvgIpc) is 3.23. The largest absolute Gasteiger partial charge is 0.353 e. The molecule has 0 radical (unpaired) electrons. The molecule has 0 aliphatic carbocycles. The first kappa shape index (κ1) is 14.4. The van der Waals surface area contributed by atoms with Crippen molar-refractivity contribution in [1.29, 1.82) is 0 Å². The molecule has 2 fully saturated rings. The maximum absolute atomic E-state index is 4.59. The molecule has 0 spiro atoms. The first-order valence-electron chi connectivity index (χ1n) is 8.28. The van der Waals surface area contributed by atoms with E-state index < -0.39 is 0 Å². The van der Waals surface area contributed by atoms with Crippen molar-refractivity contribution in [2.24, 2.45) is 0 Å². The number of rotatable bonds is 3.